The maximum absolute atomic E-state index is 15.0. The summed E-state index contributed by atoms with van der Waals surface area (Å²) in [5.74, 6) is 0.613. The minimum absolute atomic E-state index is 0.192. The number of halogens is 2. The third-order valence-corrected chi connectivity index (χ3v) is 6.61. The fraction of sp³-hybridized carbons (Fsp3) is 0.360. The fourth-order valence-electron chi connectivity index (χ4n) is 4.28. The number of aryl methyl sites for hydroxylation is 1. The summed E-state index contributed by atoms with van der Waals surface area (Å²) in [5, 5.41) is 4.97. The quantitative estimate of drug-likeness (QED) is 0.415. The molecule has 0 amide bonds. The number of nitrogens with zero attached hydrogens (tertiary/aromatic N) is 6. The van der Waals surface area contributed by atoms with Crippen molar-refractivity contribution in [3.63, 3.8) is 0 Å². The van der Waals surface area contributed by atoms with Crippen molar-refractivity contribution in [2.24, 2.45) is 7.05 Å². The van der Waals surface area contributed by atoms with Crippen LogP contribution < -0.4 is 10.5 Å². The highest BCUT2D eigenvalue weighted by molar-refractivity contribution is 6.30. The molecular weight excluding hydrogens is 471 g/mol. The Kier molecular flexibility index (Phi) is 6.06. The lowest BCUT2D eigenvalue weighted by Crippen LogP contribution is -2.39. The van der Waals surface area contributed by atoms with Gasteiger partial charge in [0.2, 0.25) is 0 Å². The van der Waals surface area contributed by atoms with Crippen molar-refractivity contribution < 1.29 is 9.13 Å². The minimum Gasteiger partial charge on any atom is -0.370 e. The van der Waals surface area contributed by atoms with Crippen LogP contribution in [0.3, 0.4) is 0 Å². The monoisotopic (exact) mass is 496 g/mol. The van der Waals surface area contributed by atoms with E-state index in [4.69, 9.17) is 21.3 Å². The standard InChI is InChI=1S/C25H26ClFN6O2/c1-14(2)33-12-16(11-28-33)21-13-32(7-8-35-21)22-10-20-23(25(34)31(4)15(3)29-20)24(30-22)18-6-5-17(26)9-19(18)27/h5-6,9-12,14,21H,7-8,13H2,1-4H3/t21-/m1/s1. The Labute approximate surface area is 206 Å². The van der Waals surface area contributed by atoms with E-state index in [0.29, 0.717) is 36.9 Å². The first-order valence-electron chi connectivity index (χ1n) is 11.5. The number of anilines is 1. The molecule has 1 aromatic carbocycles. The van der Waals surface area contributed by atoms with Gasteiger partial charge in [0.15, 0.2) is 0 Å². The summed E-state index contributed by atoms with van der Waals surface area (Å²) in [5.41, 5.74) is 1.62. The number of morpholine rings is 1. The highest BCUT2D eigenvalue weighted by atomic mass is 35.5. The van der Waals surface area contributed by atoms with Crippen molar-refractivity contribution >= 4 is 28.3 Å². The topological polar surface area (TPSA) is 78.1 Å². The number of hydrogen-bond acceptors (Lipinski definition) is 6. The van der Waals surface area contributed by atoms with Crippen molar-refractivity contribution in [3.8, 4) is 11.3 Å². The van der Waals surface area contributed by atoms with Crippen LogP contribution >= 0.6 is 11.6 Å². The zero-order valence-electron chi connectivity index (χ0n) is 20.0. The maximum Gasteiger partial charge on any atom is 0.263 e. The van der Waals surface area contributed by atoms with Gasteiger partial charge in [0.1, 0.15) is 23.6 Å². The molecule has 10 heteroatoms. The van der Waals surface area contributed by atoms with Crippen LogP contribution in [0.4, 0.5) is 10.2 Å². The largest absolute Gasteiger partial charge is 0.370 e. The first-order chi connectivity index (χ1) is 16.7. The number of aromatic nitrogens is 5. The van der Waals surface area contributed by atoms with Gasteiger partial charge in [0, 0.05) is 54.6 Å². The van der Waals surface area contributed by atoms with Crippen molar-refractivity contribution in [2.75, 3.05) is 24.6 Å². The van der Waals surface area contributed by atoms with Crippen LogP contribution in [0.5, 0.6) is 0 Å². The Morgan fingerprint density at radius 2 is 2.03 bits per heavy atom. The lowest BCUT2D eigenvalue weighted by molar-refractivity contribution is 0.0394. The molecule has 4 aromatic rings. The maximum atomic E-state index is 15.0. The summed E-state index contributed by atoms with van der Waals surface area (Å²) in [6.07, 6.45) is 3.63. The molecule has 1 aliphatic rings. The molecule has 1 aliphatic heterocycles. The normalized spacial score (nSPS) is 16.4. The second kappa shape index (κ2) is 9.05. The van der Waals surface area contributed by atoms with E-state index in [0.717, 1.165) is 5.56 Å². The Balaban J connectivity index is 1.62. The zero-order valence-corrected chi connectivity index (χ0v) is 20.8. The molecule has 5 rings (SSSR count). The van der Waals surface area contributed by atoms with Gasteiger partial charge in [-0.1, -0.05) is 11.6 Å². The molecule has 0 bridgehead atoms. The van der Waals surface area contributed by atoms with E-state index in [1.165, 1.54) is 10.6 Å². The van der Waals surface area contributed by atoms with Crippen LogP contribution in [0.15, 0.2) is 41.5 Å². The second-order valence-corrected chi connectivity index (χ2v) is 9.46. The van der Waals surface area contributed by atoms with Crippen LogP contribution in [0.25, 0.3) is 22.2 Å². The lowest BCUT2D eigenvalue weighted by Gasteiger charge is -2.33. The molecule has 182 valence electrons. The van der Waals surface area contributed by atoms with Crippen LogP contribution in [0.2, 0.25) is 5.02 Å². The van der Waals surface area contributed by atoms with Crippen LogP contribution in [0.1, 0.15) is 37.4 Å². The molecular formula is C25H26ClFN6O2. The average Bonchev–Trinajstić information content (AvgIpc) is 3.33. The molecule has 0 aliphatic carbocycles. The van der Waals surface area contributed by atoms with Gasteiger partial charge in [0.25, 0.3) is 5.56 Å². The number of ether oxygens (including phenoxy) is 1. The van der Waals surface area contributed by atoms with E-state index in [2.05, 4.69) is 28.8 Å². The molecule has 1 fully saturated rings. The zero-order chi connectivity index (χ0) is 24.9. The molecule has 0 N–H and O–H groups in total. The molecule has 0 saturated carbocycles. The second-order valence-electron chi connectivity index (χ2n) is 9.02. The van der Waals surface area contributed by atoms with E-state index in [-0.39, 0.29) is 39.4 Å². The number of hydrogen-bond donors (Lipinski definition) is 0. The summed E-state index contributed by atoms with van der Waals surface area (Å²) in [7, 11) is 1.64. The smallest absolute Gasteiger partial charge is 0.263 e. The van der Waals surface area contributed by atoms with Gasteiger partial charge < -0.3 is 9.64 Å². The summed E-state index contributed by atoms with van der Waals surface area (Å²) in [6.45, 7) is 7.53. The van der Waals surface area contributed by atoms with Gasteiger partial charge in [-0.15, -0.1) is 0 Å². The number of fused-ring (bicyclic) bond motifs is 1. The van der Waals surface area contributed by atoms with Crippen molar-refractivity contribution in [1.29, 1.82) is 0 Å². The highest BCUT2D eigenvalue weighted by Gasteiger charge is 2.26. The molecule has 0 radical (unpaired) electrons. The van der Waals surface area contributed by atoms with Crippen molar-refractivity contribution in [2.45, 2.75) is 32.9 Å². The molecule has 0 unspecified atom stereocenters. The molecule has 4 heterocycles. The van der Waals surface area contributed by atoms with E-state index in [1.54, 1.807) is 32.2 Å². The number of benzene rings is 1. The van der Waals surface area contributed by atoms with Crippen LogP contribution in [-0.4, -0.2) is 44.0 Å². The van der Waals surface area contributed by atoms with E-state index in [9.17, 15) is 4.79 Å². The molecule has 35 heavy (non-hydrogen) atoms. The first-order valence-corrected chi connectivity index (χ1v) is 11.8. The Morgan fingerprint density at radius 1 is 1.23 bits per heavy atom. The van der Waals surface area contributed by atoms with Gasteiger partial charge in [-0.05, 0) is 39.0 Å². The van der Waals surface area contributed by atoms with Gasteiger partial charge >= 0.3 is 0 Å². The van der Waals surface area contributed by atoms with E-state index in [1.807, 2.05) is 17.1 Å². The molecule has 1 atom stereocenters. The third-order valence-electron chi connectivity index (χ3n) is 6.37. The van der Waals surface area contributed by atoms with Gasteiger partial charge in [-0.2, -0.15) is 5.10 Å². The lowest BCUT2D eigenvalue weighted by atomic mass is 10.1. The summed E-state index contributed by atoms with van der Waals surface area (Å²) >= 11 is 5.98. The number of pyridine rings is 1. The SMILES string of the molecule is Cc1nc2cc(N3CCO[C@@H](c4cnn(C(C)C)c4)C3)nc(-c3ccc(Cl)cc3F)c2c(=O)n1C. The average molecular weight is 497 g/mol. The van der Waals surface area contributed by atoms with Gasteiger partial charge in [-0.3, -0.25) is 14.0 Å². The predicted molar refractivity (Wildman–Crippen MR) is 133 cm³/mol. The number of rotatable bonds is 4. The highest BCUT2D eigenvalue weighted by Crippen LogP contribution is 2.33. The summed E-state index contributed by atoms with van der Waals surface area (Å²) < 4.78 is 24.4. The van der Waals surface area contributed by atoms with E-state index >= 15 is 4.39 Å². The van der Waals surface area contributed by atoms with Crippen LogP contribution in [-0.2, 0) is 11.8 Å². The molecule has 3 aromatic heterocycles. The van der Waals surface area contributed by atoms with Gasteiger partial charge in [-0.25, -0.2) is 14.4 Å². The summed E-state index contributed by atoms with van der Waals surface area (Å²) in [6, 6.07) is 6.40. The molecule has 8 nitrogen and oxygen atoms in total. The third kappa shape index (κ3) is 4.30. The molecule has 1 saturated heterocycles. The van der Waals surface area contributed by atoms with Crippen molar-refractivity contribution in [3.05, 3.63) is 69.2 Å². The predicted octanol–water partition coefficient (Wildman–Crippen LogP) is 4.45. The Hall–Kier alpha value is -3.30. The molecule has 0 spiro atoms. The minimum atomic E-state index is -0.549. The van der Waals surface area contributed by atoms with Crippen molar-refractivity contribution in [1.82, 2.24) is 24.3 Å². The fourth-order valence-corrected chi connectivity index (χ4v) is 4.44. The van der Waals surface area contributed by atoms with Gasteiger partial charge in [0.05, 0.1) is 29.4 Å². The van der Waals surface area contributed by atoms with Crippen LogP contribution in [0, 0.1) is 12.7 Å². The first kappa shape index (κ1) is 23.4. The summed E-state index contributed by atoms with van der Waals surface area (Å²) in [4.78, 5) is 24.7. The Morgan fingerprint density at radius 3 is 2.74 bits per heavy atom. The van der Waals surface area contributed by atoms with E-state index < -0.39 is 5.82 Å². The Bertz CT molecular complexity index is 1480.